The van der Waals surface area contributed by atoms with Gasteiger partial charge in [0.25, 0.3) is 5.56 Å². The maximum Gasteiger partial charge on any atom is 0.259 e. The van der Waals surface area contributed by atoms with Gasteiger partial charge in [-0.1, -0.05) is 25.1 Å². The summed E-state index contributed by atoms with van der Waals surface area (Å²) in [4.78, 5) is 12.3. The molecule has 2 rings (SSSR count). The van der Waals surface area contributed by atoms with Gasteiger partial charge in [-0.3, -0.25) is 9.36 Å². The van der Waals surface area contributed by atoms with Crippen LogP contribution in [0.2, 0.25) is 0 Å². The summed E-state index contributed by atoms with van der Waals surface area (Å²) in [5.74, 6) is 0.548. The van der Waals surface area contributed by atoms with Crippen LogP contribution >= 0.6 is 11.8 Å². The van der Waals surface area contributed by atoms with Crippen molar-refractivity contribution in [2.75, 3.05) is 12.0 Å². The molecule has 0 spiro atoms. The van der Waals surface area contributed by atoms with Crippen LogP contribution < -0.4 is 11.3 Å². The van der Waals surface area contributed by atoms with Crippen LogP contribution in [0.5, 0.6) is 0 Å². The lowest BCUT2D eigenvalue weighted by atomic mass is 10.1. The highest BCUT2D eigenvalue weighted by atomic mass is 32.2. The van der Waals surface area contributed by atoms with Gasteiger partial charge in [0, 0.05) is 17.2 Å². The molecule has 0 aliphatic carbocycles. The van der Waals surface area contributed by atoms with Crippen molar-refractivity contribution >= 4 is 28.4 Å². The van der Waals surface area contributed by atoms with Gasteiger partial charge in [0.15, 0.2) is 0 Å². The van der Waals surface area contributed by atoms with Crippen LogP contribution in [0.15, 0.2) is 35.1 Å². The Kier molecular flexibility index (Phi) is 3.97. The zero-order valence-electron chi connectivity index (χ0n) is 10.7. The maximum atomic E-state index is 12.3. The number of nitrogen functional groups attached to an aromatic ring is 1. The van der Waals surface area contributed by atoms with Crippen molar-refractivity contribution in [3.8, 4) is 0 Å². The predicted octanol–water partition coefficient (Wildman–Crippen LogP) is 2.73. The quantitative estimate of drug-likeness (QED) is 0.921. The molecule has 1 heterocycles. The minimum absolute atomic E-state index is 0.0129. The molecule has 3 nitrogen and oxygen atoms in total. The molecule has 1 unspecified atom stereocenters. The molecule has 1 atom stereocenters. The Morgan fingerprint density at radius 1 is 1.39 bits per heavy atom. The van der Waals surface area contributed by atoms with Crippen molar-refractivity contribution in [1.29, 1.82) is 0 Å². The van der Waals surface area contributed by atoms with Gasteiger partial charge in [-0.25, -0.2) is 0 Å². The zero-order chi connectivity index (χ0) is 13.1. The fourth-order valence-electron chi connectivity index (χ4n) is 1.98. The van der Waals surface area contributed by atoms with Crippen molar-refractivity contribution in [3.63, 3.8) is 0 Å². The van der Waals surface area contributed by atoms with E-state index in [2.05, 4.69) is 13.2 Å². The molecule has 2 N–H and O–H groups in total. The van der Waals surface area contributed by atoms with Crippen molar-refractivity contribution in [1.82, 2.24) is 4.57 Å². The van der Waals surface area contributed by atoms with Gasteiger partial charge in [0.2, 0.25) is 0 Å². The molecule has 0 radical (unpaired) electrons. The monoisotopic (exact) mass is 262 g/mol. The topological polar surface area (TPSA) is 48.0 Å². The number of rotatable bonds is 4. The number of benzene rings is 1. The molecule has 4 heteroatoms. The third kappa shape index (κ3) is 2.53. The van der Waals surface area contributed by atoms with Gasteiger partial charge in [0.1, 0.15) is 5.82 Å². The molecule has 0 fully saturated rings. The smallest absolute Gasteiger partial charge is 0.259 e. The summed E-state index contributed by atoms with van der Waals surface area (Å²) in [5.41, 5.74) is 5.98. The molecule has 0 saturated carbocycles. The minimum atomic E-state index is 0.0129. The van der Waals surface area contributed by atoms with E-state index in [0.29, 0.717) is 17.6 Å². The van der Waals surface area contributed by atoms with Crippen molar-refractivity contribution < 1.29 is 0 Å². The van der Waals surface area contributed by atoms with E-state index in [0.717, 1.165) is 17.2 Å². The number of nitrogens with zero attached hydrogens (tertiary/aromatic N) is 1. The first-order chi connectivity index (χ1) is 8.63. The highest BCUT2D eigenvalue weighted by Gasteiger charge is 2.08. The number of hydrogen-bond donors (Lipinski definition) is 1. The maximum absolute atomic E-state index is 12.3. The van der Waals surface area contributed by atoms with Crippen LogP contribution in [0.1, 0.15) is 13.3 Å². The average Bonchev–Trinajstić information content (AvgIpc) is 2.38. The predicted molar refractivity (Wildman–Crippen MR) is 80.2 cm³/mol. The Hall–Kier alpha value is -1.42. The second-order valence-corrected chi connectivity index (χ2v) is 5.72. The molecule has 0 aliphatic heterocycles. The highest BCUT2D eigenvalue weighted by molar-refractivity contribution is 7.99. The summed E-state index contributed by atoms with van der Waals surface area (Å²) in [6.07, 6.45) is 3.03. The third-order valence-electron chi connectivity index (χ3n) is 3.21. The van der Waals surface area contributed by atoms with Crippen LogP contribution in [0.3, 0.4) is 0 Å². The lowest BCUT2D eigenvalue weighted by Gasteiger charge is -2.13. The molecule has 1 aromatic carbocycles. The van der Waals surface area contributed by atoms with Gasteiger partial charge in [-0.2, -0.15) is 11.8 Å². The summed E-state index contributed by atoms with van der Waals surface area (Å²) in [5, 5.41) is 2.18. The van der Waals surface area contributed by atoms with Gasteiger partial charge in [0.05, 0.1) is 0 Å². The second-order valence-electron chi connectivity index (χ2n) is 4.45. The van der Waals surface area contributed by atoms with Crippen molar-refractivity contribution in [2.45, 2.75) is 25.1 Å². The largest absolute Gasteiger partial charge is 0.385 e. The SMILES string of the molecule is CSC(C)CCn1c(N)cc2ccccc2c1=O. The highest BCUT2D eigenvalue weighted by Crippen LogP contribution is 2.15. The van der Waals surface area contributed by atoms with E-state index < -0.39 is 0 Å². The van der Waals surface area contributed by atoms with Gasteiger partial charge < -0.3 is 5.73 Å². The average molecular weight is 262 g/mol. The fraction of sp³-hybridized carbons (Fsp3) is 0.357. The summed E-state index contributed by atoms with van der Waals surface area (Å²) >= 11 is 1.80. The van der Waals surface area contributed by atoms with E-state index >= 15 is 0 Å². The molecule has 0 amide bonds. The Morgan fingerprint density at radius 2 is 2.11 bits per heavy atom. The lowest BCUT2D eigenvalue weighted by molar-refractivity contribution is 0.632. The number of fused-ring (bicyclic) bond motifs is 1. The van der Waals surface area contributed by atoms with Crippen LogP contribution in [0, 0.1) is 0 Å². The van der Waals surface area contributed by atoms with Crippen LogP contribution in [0.4, 0.5) is 5.82 Å². The van der Waals surface area contributed by atoms with Gasteiger partial charge >= 0.3 is 0 Å². The van der Waals surface area contributed by atoms with Crippen LogP contribution in [0.25, 0.3) is 10.8 Å². The standard InChI is InChI=1S/C14H18N2OS/c1-10(18-2)7-8-16-13(15)9-11-5-3-4-6-12(11)14(16)17/h3-6,9-10H,7-8,15H2,1-2H3. The zero-order valence-corrected chi connectivity index (χ0v) is 11.5. The molecule has 2 aromatic rings. The third-order valence-corrected chi connectivity index (χ3v) is 4.25. The molecule has 0 aliphatic rings. The normalized spacial score (nSPS) is 12.8. The van der Waals surface area contributed by atoms with E-state index in [1.807, 2.05) is 30.3 Å². The Balaban J connectivity index is 2.41. The molecule has 0 saturated heterocycles. The first-order valence-electron chi connectivity index (χ1n) is 6.04. The molecule has 1 aromatic heterocycles. The number of thioether (sulfide) groups is 1. The van der Waals surface area contributed by atoms with Crippen LogP contribution in [-0.2, 0) is 6.54 Å². The van der Waals surface area contributed by atoms with E-state index in [1.165, 1.54) is 0 Å². The lowest BCUT2D eigenvalue weighted by Crippen LogP contribution is -2.24. The Morgan fingerprint density at radius 3 is 2.83 bits per heavy atom. The van der Waals surface area contributed by atoms with Gasteiger partial charge in [-0.15, -0.1) is 0 Å². The van der Waals surface area contributed by atoms with Crippen molar-refractivity contribution in [2.24, 2.45) is 0 Å². The molecule has 0 bridgehead atoms. The molecule has 18 heavy (non-hydrogen) atoms. The summed E-state index contributed by atoms with van der Waals surface area (Å²) in [7, 11) is 0. The fourth-order valence-corrected chi connectivity index (χ4v) is 2.32. The summed E-state index contributed by atoms with van der Waals surface area (Å²) < 4.78 is 1.68. The first-order valence-corrected chi connectivity index (χ1v) is 7.33. The minimum Gasteiger partial charge on any atom is -0.385 e. The molecular weight excluding hydrogens is 244 g/mol. The van der Waals surface area contributed by atoms with Crippen LogP contribution in [-0.4, -0.2) is 16.1 Å². The van der Waals surface area contributed by atoms with E-state index in [-0.39, 0.29) is 5.56 Å². The van der Waals surface area contributed by atoms with Crippen molar-refractivity contribution in [3.05, 3.63) is 40.7 Å². The molecule has 96 valence electrons. The molecular formula is C14H18N2OS. The second kappa shape index (κ2) is 5.48. The number of aromatic nitrogens is 1. The van der Waals surface area contributed by atoms with E-state index in [1.54, 1.807) is 16.3 Å². The number of anilines is 1. The Labute approximate surface area is 111 Å². The number of hydrogen-bond acceptors (Lipinski definition) is 3. The van der Waals surface area contributed by atoms with Gasteiger partial charge in [-0.05, 0) is 30.2 Å². The first kappa shape index (κ1) is 13.0. The summed E-state index contributed by atoms with van der Waals surface area (Å²) in [6, 6.07) is 9.45. The van der Waals surface area contributed by atoms with E-state index in [4.69, 9.17) is 5.73 Å². The van der Waals surface area contributed by atoms with E-state index in [9.17, 15) is 4.79 Å². The number of pyridine rings is 1. The number of nitrogens with two attached hydrogens (primary N) is 1. The Bertz CT molecular complexity index is 606. The summed E-state index contributed by atoms with van der Waals surface area (Å²) in [6.45, 7) is 2.84.